The molecule has 0 nitrogen and oxygen atoms in total. The van der Waals surface area contributed by atoms with Crippen LogP contribution in [0.2, 0.25) is 24.2 Å². The van der Waals surface area contributed by atoms with Gasteiger partial charge in [-0.05, 0) is 121 Å². The molecular formula is C36H64Si. The van der Waals surface area contributed by atoms with Crippen molar-refractivity contribution < 1.29 is 0 Å². The van der Waals surface area contributed by atoms with Gasteiger partial charge in [0.25, 0.3) is 0 Å². The van der Waals surface area contributed by atoms with E-state index in [0.29, 0.717) is 0 Å². The Morgan fingerprint density at radius 2 is 0.703 bits per heavy atom. The maximum Gasteiger partial charge on any atom is 0.0546 e. The number of rotatable bonds is 4. The molecule has 0 aromatic heterocycles. The predicted octanol–water partition coefficient (Wildman–Crippen LogP) is 11.2. The highest BCUT2D eigenvalue weighted by molar-refractivity contribution is 6.80. The molecule has 0 aromatic carbocycles. The Morgan fingerprint density at radius 1 is 0.351 bits per heavy atom. The van der Waals surface area contributed by atoms with Crippen molar-refractivity contribution in [1.29, 1.82) is 0 Å². The molecule has 0 bridgehead atoms. The minimum Gasteiger partial charge on any atom is -0.0689 e. The van der Waals surface area contributed by atoms with E-state index in [-0.39, 0.29) is 0 Å². The zero-order chi connectivity index (χ0) is 25.9. The third-order valence-electron chi connectivity index (χ3n) is 15.0. The summed E-state index contributed by atoms with van der Waals surface area (Å²) in [5.74, 6) is 12.8. The Balaban J connectivity index is 1.23. The van der Waals surface area contributed by atoms with E-state index >= 15 is 0 Å². The van der Waals surface area contributed by atoms with Gasteiger partial charge in [-0.3, -0.25) is 0 Å². The van der Waals surface area contributed by atoms with E-state index in [1.165, 1.54) is 38.5 Å². The van der Waals surface area contributed by atoms with Gasteiger partial charge in [0.05, 0.1) is 8.07 Å². The number of hydrogen-bond acceptors (Lipinski definition) is 0. The molecule has 212 valence electrons. The average molecular weight is 525 g/mol. The van der Waals surface area contributed by atoms with Crippen LogP contribution >= 0.6 is 0 Å². The lowest BCUT2D eigenvalue weighted by atomic mass is 9.62. The number of fused-ring (bicyclic) bond motifs is 2. The zero-order valence-corrected chi connectivity index (χ0v) is 26.9. The van der Waals surface area contributed by atoms with Gasteiger partial charge in [-0.25, -0.2) is 0 Å². The largest absolute Gasteiger partial charge is 0.0689 e. The van der Waals surface area contributed by atoms with Gasteiger partial charge < -0.3 is 0 Å². The Bertz CT molecular complexity index is 709. The van der Waals surface area contributed by atoms with Crippen LogP contribution in [0.4, 0.5) is 0 Å². The first kappa shape index (κ1) is 27.4. The van der Waals surface area contributed by atoms with Gasteiger partial charge in [0.1, 0.15) is 0 Å². The minimum atomic E-state index is -1.37. The van der Waals surface area contributed by atoms with Gasteiger partial charge >= 0.3 is 0 Å². The summed E-state index contributed by atoms with van der Waals surface area (Å²) in [7, 11) is -1.37. The molecule has 6 fully saturated rings. The van der Waals surface area contributed by atoms with Crippen molar-refractivity contribution >= 4 is 8.07 Å². The van der Waals surface area contributed by atoms with Crippen LogP contribution in [0.1, 0.15) is 130 Å². The predicted molar refractivity (Wildman–Crippen MR) is 163 cm³/mol. The van der Waals surface area contributed by atoms with Gasteiger partial charge in [0.2, 0.25) is 0 Å². The van der Waals surface area contributed by atoms with E-state index in [4.69, 9.17) is 0 Å². The molecule has 14 unspecified atom stereocenters. The molecule has 14 atom stereocenters. The fourth-order valence-electron chi connectivity index (χ4n) is 14.1. The summed E-state index contributed by atoms with van der Waals surface area (Å²) >= 11 is 0. The highest BCUT2D eigenvalue weighted by atomic mass is 28.3. The third kappa shape index (κ3) is 4.78. The molecule has 0 heterocycles. The van der Waals surface area contributed by atoms with E-state index in [1.807, 2.05) is 0 Å². The van der Waals surface area contributed by atoms with Crippen LogP contribution in [0.15, 0.2) is 0 Å². The summed E-state index contributed by atoms with van der Waals surface area (Å²) in [4.78, 5) is 0. The SMILES string of the molecule is CC1CCCCC1C1CCCC2C1CC(C)C2[Si](C)(C)C1C(C)CC2C(C3CCCCC3C)CCCC21. The molecule has 0 radical (unpaired) electrons. The Labute approximate surface area is 233 Å². The summed E-state index contributed by atoms with van der Waals surface area (Å²) < 4.78 is 0. The first-order valence-electron chi connectivity index (χ1n) is 17.8. The monoisotopic (exact) mass is 524 g/mol. The lowest BCUT2D eigenvalue weighted by molar-refractivity contribution is 0.0641. The van der Waals surface area contributed by atoms with Crippen LogP contribution in [-0.4, -0.2) is 8.07 Å². The van der Waals surface area contributed by atoms with Crippen LogP contribution in [0.25, 0.3) is 0 Å². The highest BCUT2D eigenvalue weighted by Crippen LogP contribution is 2.67. The molecular weight excluding hydrogens is 460 g/mol. The van der Waals surface area contributed by atoms with Gasteiger partial charge in [-0.1, -0.05) is 105 Å². The summed E-state index contributed by atoms with van der Waals surface area (Å²) in [5, 5.41) is 0. The van der Waals surface area contributed by atoms with Crippen molar-refractivity contribution in [3.8, 4) is 0 Å². The second-order valence-electron chi connectivity index (χ2n) is 17.0. The van der Waals surface area contributed by atoms with Gasteiger partial charge in [0.15, 0.2) is 0 Å². The second-order valence-corrected chi connectivity index (χ2v) is 22.0. The lowest BCUT2D eigenvalue weighted by Gasteiger charge is -2.50. The van der Waals surface area contributed by atoms with Crippen LogP contribution < -0.4 is 0 Å². The fourth-order valence-corrected chi connectivity index (χ4v) is 20.8. The molecule has 0 N–H and O–H groups in total. The minimum absolute atomic E-state index is 1.01. The van der Waals surface area contributed by atoms with Crippen LogP contribution in [0, 0.1) is 71.0 Å². The third-order valence-corrected chi connectivity index (χ3v) is 20.4. The molecule has 6 aliphatic carbocycles. The summed E-state index contributed by atoms with van der Waals surface area (Å²) in [6.07, 6.45) is 25.0. The normalized spacial score (nSPS) is 53.0. The van der Waals surface area contributed by atoms with Crippen molar-refractivity contribution in [2.75, 3.05) is 0 Å². The van der Waals surface area contributed by atoms with Crippen molar-refractivity contribution in [2.24, 2.45) is 71.0 Å². The zero-order valence-electron chi connectivity index (χ0n) is 25.9. The quantitative estimate of drug-likeness (QED) is 0.321. The summed E-state index contributed by atoms with van der Waals surface area (Å²) in [5.41, 5.74) is 2.25. The first-order chi connectivity index (χ1) is 17.8. The molecule has 1 heteroatoms. The fraction of sp³-hybridized carbons (Fsp3) is 1.00. The van der Waals surface area contributed by atoms with Gasteiger partial charge in [-0.15, -0.1) is 0 Å². The molecule has 37 heavy (non-hydrogen) atoms. The molecule has 0 aromatic rings. The Morgan fingerprint density at radius 3 is 1.11 bits per heavy atom. The molecule has 0 spiro atoms. The van der Waals surface area contributed by atoms with Crippen LogP contribution in [0.5, 0.6) is 0 Å². The molecule has 0 amide bonds. The van der Waals surface area contributed by atoms with Crippen molar-refractivity contribution in [2.45, 2.75) is 155 Å². The van der Waals surface area contributed by atoms with Gasteiger partial charge in [-0.2, -0.15) is 0 Å². The van der Waals surface area contributed by atoms with E-state index in [2.05, 4.69) is 40.8 Å². The highest BCUT2D eigenvalue weighted by Gasteiger charge is 2.60. The van der Waals surface area contributed by atoms with Crippen molar-refractivity contribution in [3.63, 3.8) is 0 Å². The summed E-state index contributed by atoms with van der Waals surface area (Å²) in [6.45, 7) is 16.7. The smallest absolute Gasteiger partial charge is 0.0546 e. The second kappa shape index (κ2) is 10.9. The van der Waals surface area contributed by atoms with Gasteiger partial charge in [0, 0.05) is 0 Å². The molecule has 6 saturated carbocycles. The van der Waals surface area contributed by atoms with Crippen molar-refractivity contribution in [1.82, 2.24) is 0 Å². The van der Waals surface area contributed by atoms with Crippen molar-refractivity contribution in [3.05, 3.63) is 0 Å². The topological polar surface area (TPSA) is 0 Å². The Kier molecular flexibility index (Phi) is 8.06. The molecule has 6 aliphatic rings. The molecule has 0 saturated heterocycles. The van der Waals surface area contributed by atoms with E-state index < -0.39 is 8.07 Å². The lowest BCUT2D eigenvalue weighted by Crippen LogP contribution is -2.48. The van der Waals surface area contributed by atoms with E-state index in [9.17, 15) is 0 Å². The maximum absolute atomic E-state index is 2.96. The maximum atomic E-state index is 2.96. The van der Waals surface area contributed by atoms with Crippen LogP contribution in [0.3, 0.4) is 0 Å². The summed E-state index contributed by atoms with van der Waals surface area (Å²) in [6, 6.07) is 0. The first-order valence-corrected chi connectivity index (χ1v) is 20.9. The standard InChI is InChI=1S/C36H64Si/c1-23-13-7-9-15-27(23)29-17-11-19-31-33(29)21-25(3)35(31)37(5,6)36-26(4)22-34-30(18-12-20-32(34)36)28-16-10-8-14-24(28)2/h23-36H,7-22H2,1-6H3. The van der Waals surface area contributed by atoms with E-state index in [0.717, 1.165) is 82.1 Å². The number of hydrogen-bond donors (Lipinski definition) is 0. The van der Waals surface area contributed by atoms with E-state index in [1.54, 1.807) is 64.2 Å². The average Bonchev–Trinajstić information content (AvgIpc) is 3.41. The molecule has 6 rings (SSSR count). The van der Waals surface area contributed by atoms with Crippen LogP contribution in [-0.2, 0) is 0 Å². The Hall–Kier alpha value is 0.217. The molecule has 0 aliphatic heterocycles.